The molecule has 1 aliphatic heterocycles. The Kier molecular flexibility index (Phi) is 5.48. The van der Waals surface area contributed by atoms with Crippen molar-refractivity contribution in [3.8, 4) is 0 Å². The molecule has 0 atom stereocenters. The van der Waals surface area contributed by atoms with Crippen molar-refractivity contribution >= 4 is 11.6 Å². The van der Waals surface area contributed by atoms with Crippen LogP contribution in [-0.2, 0) is 11.2 Å². The molecule has 2 nitrogen and oxygen atoms in total. The number of halogens is 1. The third-order valence-electron chi connectivity index (χ3n) is 3.65. The fourth-order valence-corrected chi connectivity index (χ4v) is 2.90. The summed E-state index contributed by atoms with van der Waals surface area (Å²) in [5.41, 5.74) is 8.12. The van der Waals surface area contributed by atoms with Crippen LogP contribution in [0, 0.1) is 0 Å². The molecular formula is C15H22ClNO. The van der Waals surface area contributed by atoms with Crippen LogP contribution in [0.25, 0.3) is 0 Å². The summed E-state index contributed by atoms with van der Waals surface area (Å²) in [7, 11) is 0. The van der Waals surface area contributed by atoms with E-state index >= 15 is 0 Å². The SMILES string of the molecule is NCCCCc1ccc(C2CCOCC2)c(Cl)c1. The lowest BCUT2D eigenvalue weighted by atomic mass is 9.90. The van der Waals surface area contributed by atoms with Gasteiger partial charge in [-0.25, -0.2) is 0 Å². The number of ether oxygens (including phenoxy) is 1. The third-order valence-corrected chi connectivity index (χ3v) is 3.97. The normalized spacial score (nSPS) is 17.0. The summed E-state index contributed by atoms with van der Waals surface area (Å²) in [6.07, 6.45) is 5.48. The molecule has 18 heavy (non-hydrogen) atoms. The zero-order chi connectivity index (χ0) is 12.8. The summed E-state index contributed by atoms with van der Waals surface area (Å²) >= 11 is 6.41. The molecule has 3 heteroatoms. The summed E-state index contributed by atoms with van der Waals surface area (Å²) in [6.45, 7) is 2.49. The van der Waals surface area contributed by atoms with Crippen LogP contribution < -0.4 is 5.73 Å². The minimum absolute atomic E-state index is 0.573. The van der Waals surface area contributed by atoms with Gasteiger partial charge >= 0.3 is 0 Å². The van der Waals surface area contributed by atoms with Gasteiger partial charge in [0.25, 0.3) is 0 Å². The van der Waals surface area contributed by atoms with Crippen molar-refractivity contribution in [2.24, 2.45) is 5.73 Å². The number of rotatable bonds is 5. The highest BCUT2D eigenvalue weighted by Crippen LogP contribution is 2.32. The molecule has 0 radical (unpaired) electrons. The van der Waals surface area contributed by atoms with Gasteiger partial charge in [0, 0.05) is 18.2 Å². The van der Waals surface area contributed by atoms with Gasteiger partial charge in [-0.3, -0.25) is 0 Å². The molecule has 1 aromatic carbocycles. The van der Waals surface area contributed by atoms with Crippen LogP contribution >= 0.6 is 11.6 Å². The Balaban J connectivity index is 2.00. The van der Waals surface area contributed by atoms with Crippen LogP contribution in [0.1, 0.15) is 42.7 Å². The van der Waals surface area contributed by atoms with Crippen molar-refractivity contribution in [2.75, 3.05) is 19.8 Å². The van der Waals surface area contributed by atoms with E-state index in [4.69, 9.17) is 22.1 Å². The van der Waals surface area contributed by atoms with E-state index in [1.807, 2.05) is 0 Å². The molecule has 0 saturated carbocycles. The number of nitrogens with two attached hydrogens (primary N) is 1. The largest absolute Gasteiger partial charge is 0.381 e. The second-order valence-corrected chi connectivity index (χ2v) is 5.40. The van der Waals surface area contributed by atoms with Crippen LogP contribution in [-0.4, -0.2) is 19.8 Å². The Morgan fingerprint density at radius 3 is 2.67 bits per heavy atom. The minimum Gasteiger partial charge on any atom is -0.381 e. The van der Waals surface area contributed by atoms with E-state index in [0.717, 1.165) is 56.9 Å². The Morgan fingerprint density at radius 1 is 1.22 bits per heavy atom. The number of hydrogen-bond donors (Lipinski definition) is 1. The average molecular weight is 268 g/mol. The molecule has 0 aliphatic carbocycles. The Morgan fingerprint density at radius 2 is 2.00 bits per heavy atom. The zero-order valence-corrected chi connectivity index (χ0v) is 11.6. The lowest BCUT2D eigenvalue weighted by Gasteiger charge is -2.23. The van der Waals surface area contributed by atoms with E-state index in [1.165, 1.54) is 11.1 Å². The van der Waals surface area contributed by atoms with Crippen molar-refractivity contribution in [1.29, 1.82) is 0 Å². The molecule has 1 heterocycles. The van der Waals surface area contributed by atoms with Gasteiger partial charge in [-0.05, 0) is 61.8 Å². The molecule has 2 rings (SSSR count). The van der Waals surface area contributed by atoms with Crippen molar-refractivity contribution in [3.63, 3.8) is 0 Å². The number of unbranched alkanes of at least 4 members (excludes halogenated alkanes) is 1. The van der Waals surface area contributed by atoms with E-state index < -0.39 is 0 Å². The second kappa shape index (κ2) is 7.13. The van der Waals surface area contributed by atoms with Gasteiger partial charge in [0.1, 0.15) is 0 Å². The van der Waals surface area contributed by atoms with E-state index in [1.54, 1.807) is 0 Å². The summed E-state index contributed by atoms with van der Waals surface area (Å²) in [5.74, 6) is 0.573. The summed E-state index contributed by atoms with van der Waals surface area (Å²) in [5, 5.41) is 0.923. The smallest absolute Gasteiger partial charge is 0.0471 e. The highest BCUT2D eigenvalue weighted by atomic mass is 35.5. The zero-order valence-electron chi connectivity index (χ0n) is 10.8. The molecule has 1 aliphatic rings. The highest BCUT2D eigenvalue weighted by Gasteiger charge is 2.18. The van der Waals surface area contributed by atoms with Crippen LogP contribution in [0.3, 0.4) is 0 Å². The van der Waals surface area contributed by atoms with E-state index in [2.05, 4.69) is 18.2 Å². The summed E-state index contributed by atoms with van der Waals surface area (Å²) in [6, 6.07) is 6.55. The van der Waals surface area contributed by atoms with E-state index in [9.17, 15) is 0 Å². The van der Waals surface area contributed by atoms with Crippen LogP contribution in [0.15, 0.2) is 18.2 Å². The Hall–Kier alpha value is -0.570. The van der Waals surface area contributed by atoms with Gasteiger partial charge in [0.15, 0.2) is 0 Å². The molecule has 0 unspecified atom stereocenters. The standard InChI is InChI=1S/C15H22ClNO/c16-15-11-12(3-1-2-8-17)4-5-14(15)13-6-9-18-10-7-13/h4-5,11,13H,1-3,6-10,17H2. The molecule has 100 valence electrons. The molecule has 1 fully saturated rings. The Labute approximate surface area is 114 Å². The number of benzene rings is 1. The molecule has 1 saturated heterocycles. The van der Waals surface area contributed by atoms with E-state index in [-0.39, 0.29) is 0 Å². The first-order valence-electron chi connectivity index (χ1n) is 6.87. The van der Waals surface area contributed by atoms with Crippen molar-refractivity contribution in [1.82, 2.24) is 0 Å². The first-order chi connectivity index (χ1) is 8.81. The van der Waals surface area contributed by atoms with Crippen molar-refractivity contribution < 1.29 is 4.74 Å². The van der Waals surface area contributed by atoms with Gasteiger partial charge in [0.2, 0.25) is 0 Å². The van der Waals surface area contributed by atoms with Crippen molar-refractivity contribution in [3.05, 3.63) is 34.3 Å². The predicted molar refractivity (Wildman–Crippen MR) is 76.2 cm³/mol. The molecule has 2 N–H and O–H groups in total. The first-order valence-corrected chi connectivity index (χ1v) is 7.25. The molecule has 0 spiro atoms. The number of hydrogen-bond acceptors (Lipinski definition) is 2. The first kappa shape index (κ1) is 13.9. The van der Waals surface area contributed by atoms with Crippen LogP contribution in [0.5, 0.6) is 0 Å². The lowest BCUT2D eigenvalue weighted by molar-refractivity contribution is 0.0853. The number of aryl methyl sites for hydroxylation is 1. The highest BCUT2D eigenvalue weighted by molar-refractivity contribution is 6.31. The Bertz CT molecular complexity index is 375. The fraction of sp³-hybridized carbons (Fsp3) is 0.600. The maximum absolute atomic E-state index is 6.41. The maximum Gasteiger partial charge on any atom is 0.0471 e. The fourth-order valence-electron chi connectivity index (χ4n) is 2.54. The quantitative estimate of drug-likeness (QED) is 0.829. The predicted octanol–water partition coefficient (Wildman–Crippen LogP) is 3.52. The van der Waals surface area contributed by atoms with Gasteiger partial charge in [-0.15, -0.1) is 0 Å². The van der Waals surface area contributed by atoms with Crippen molar-refractivity contribution in [2.45, 2.75) is 38.0 Å². The molecular weight excluding hydrogens is 246 g/mol. The second-order valence-electron chi connectivity index (χ2n) is 4.99. The summed E-state index contributed by atoms with van der Waals surface area (Å²) < 4.78 is 5.40. The minimum atomic E-state index is 0.573. The van der Waals surface area contributed by atoms with Gasteiger partial charge in [-0.1, -0.05) is 23.7 Å². The summed E-state index contributed by atoms with van der Waals surface area (Å²) in [4.78, 5) is 0. The van der Waals surface area contributed by atoms with Gasteiger partial charge in [0.05, 0.1) is 0 Å². The monoisotopic (exact) mass is 267 g/mol. The van der Waals surface area contributed by atoms with Crippen LogP contribution in [0.2, 0.25) is 5.02 Å². The molecule has 1 aromatic rings. The maximum atomic E-state index is 6.41. The van der Waals surface area contributed by atoms with E-state index in [0.29, 0.717) is 5.92 Å². The topological polar surface area (TPSA) is 35.2 Å². The molecule has 0 bridgehead atoms. The third kappa shape index (κ3) is 3.71. The average Bonchev–Trinajstić information content (AvgIpc) is 2.40. The lowest BCUT2D eigenvalue weighted by Crippen LogP contribution is -2.14. The van der Waals surface area contributed by atoms with Crippen LogP contribution in [0.4, 0.5) is 0 Å². The van der Waals surface area contributed by atoms with Gasteiger partial charge < -0.3 is 10.5 Å². The molecule has 0 aromatic heterocycles. The molecule has 0 amide bonds. The van der Waals surface area contributed by atoms with Gasteiger partial charge in [-0.2, -0.15) is 0 Å².